The Bertz CT molecular complexity index is 1080. The third-order valence-corrected chi connectivity index (χ3v) is 6.01. The van der Waals surface area contributed by atoms with Crippen LogP contribution in [0.15, 0.2) is 48.7 Å². The van der Waals surface area contributed by atoms with E-state index in [1.54, 1.807) is 38.6 Å². The van der Waals surface area contributed by atoms with Crippen LogP contribution in [0.4, 0.5) is 5.69 Å². The highest BCUT2D eigenvalue weighted by molar-refractivity contribution is 6.31. The van der Waals surface area contributed by atoms with Gasteiger partial charge in [0.25, 0.3) is 5.91 Å². The van der Waals surface area contributed by atoms with E-state index in [0.29, 0.717) is 28.1 Å². The molecule has 31 heavy (non-hydrogen) atoms. The Balaban J connectivity index is 1.35. The van der Waals surface area contributed by atoms with Crippen LogP contribution in [-0.4, -0.2) is 37.2 Å². The van der Waals surface area contributed by atoms with Crippen LogP contribution in [0.5, 0.6) is 11.5 Å². The average molecular weight is 440 g/mol. The van der Waals surface area contributed by atoms with Crippen molar-refractivity contribution in [1.29, 1.82) is 0 Å². The van der Waals surface area contributed by atoms with Crippen LogP contribution in [0.1, 0.15) is 36.0 Å². The number of anilines is 1. The first-order valence-electron chi connectivity index (χ1n) is 10.4. The van der Waals surface area contributed by atoms with E-state index in [4.69, 9.17) is 21.1 Å². The predicted molar refractivity (Wildman–Crippen MR) is 123 cm³/mol. The predicted octanol–water partition coefficient (Wildman–Crippen LogP) is 5.06. The summed E-state index contributed by atoms with van der Waals surface area (Å²) in [5.41, 5.74) is 2.52. The van der Waals surface area contributed by atoms with Crippen LogP contribution < -0.4 is 20.1 Å². The summed E-state index contributed by atoms with van der Waals surface area (Å²) in [6.07, 6.45) is 5.61. The van der Waals surface area contributed by atoms with Crippen molar-refractivity contribution in [3.63, 3.8) is 0 Å². The fraction of sp³-hybridized carbons (Fsp3) is 0.333. The molecule has 2 N–H and O–H groups in total. The number of nitrogens with zero attached hydrogens (tertiary/aromatic N) is 1. The van der Waals surface area contributed by atoms with Gasteiger partial charge in [-0.15, -0.1) is 0 Å². The van der Waals surface area contributed by atoms with Gasteiger partial charge in [0, 0.05) is 39.9 Å². The van der Waals surface area contributed by atoms with Gasteiger partial charge in [0.15, 0.2) is 11.5 Å². The number of carbonyl (C=O) groups excluding carboxylic acids is 1. The minimum Gasteiger partial charge on any atom is -0.493 e. The Morgan fingerprint density at radius 3 is 2.45 bits per heavy atom. The number of carbonyl (C=O) groups is 1. The van der Waals surface area contributed by atoms with Gasteiger partial charge in [-0.05, 0) is 68.1 Å². The molecular formula is C24H26ClN3O3. The van der Waals surface area contributed by atoms with Crippen LogP contribution in [0, 0.1) is 0 Å². The summed E-state index contributed by atoms with van der Waals surface area (Å²) in [4.78, 5) is 17.1. The molecule has 1 aromatic heterocycles. The van der Waals surface area contributed by atoms with Crippen molar-refractivity contribution < 1.29 is 14.3 Å². The number of fused-ring (bicyclic) bond motifs is 1. The molecule has 1 aliphatic rings. The molecular weight excluding hydrogens is 414 g/mol. The van der Waals surface area contributed by atoms with Gasteiger partial charge in [-0.3, -0.25) is 9.78 Å². The third-order valence-electron chi connectivity index (χ3n) is 5.77. The number of benzene rings is 2. The molecule has 2 aromatic carbocycles. The molecule has 0 unspecified atom stereocenters. The second-order valence-electron chi connectivity index (χ2n) is 7.76. The standard InChI is InChI=1S/C24H26ClN3O3/c1-30-22-10-3-15(13-23(22)31-2)24(29)28-18-7-5-17(6-8-18)27-20-11-12-26-21-14-16(25)4-9-19(20)21/h3-4,9-14,17-18H,5-8H2,1-2H3,(H,26,27)(H,28,29). The first-order valence-corrected chi connectivity index (χ1v) is 10.8. The molecule has 1 fully saturated rings. The van der Waals surface area contributed by atoms with Gasteiger partial charge in [-0.25, -0.2) is 0 Å². The fourth-order valence-corrected chi connectivity index (χ4v) is 4.26. The zero-order valence-corrected chi connectivity index (χ0v) is 18.4. The van der Waals surface area contributed by atoms with E-state index in [-0.39, 0.29) is 11.9 Å². The highest BCUT2D eigenvalue weighted by Gasteiger charge is 2.23. The van der Waals surface area contributed by atoms with Gasteiger partial charge >= 0.3 is 0 Å². The third kappa shape index (κ3) is 4.85. The topological polar surface area (TPSA) is 72.5 Å². The number of nitrogens with one attached hydrogen (secondary N) is 2. The number of amides is 1. The number of ether oxygens (including phenoxy) is 2. The molecule has 0 radical (unpaired) electrons. The number of rotatable bonds is 6. The summed E-state index contributed by atoms with van der Waals surface area (Å²) in [5.74, 6) is 1.07. The average Bonchev–Trinajstić information content (AvgIpc) is 2.79. The van der Waals surface area contributed by atoms with E-state index >= 15 is 0 Å². The van der Waals surface area contributed by atoms with Gasteiger partial charge in [-0.2, -0.15) is 0 Å². The van der Waals surface area contributed by atoms with E-state index in [2.05, 4.69) is 15.6 Å². The number of halogens is 1. The van der Waals surface area contributed by atoms with Crippen molar-refractivity contribution in [2.75, 3.05) is 19.5 Å². The lowest BCUT2D eigenvalue weighted by molar-refractivity contribution is 0.0926. The van der Waals surface area contributed by atoms with Crippen molar-refractivity contribution in [3.8, 4) is 11.5 Å². The first-order chi connectivity index (χ1) is 15.1. The second-order valence-corrected chi connectivity index (χ2v) is 8.19. The monoisotopic (exact) mass is 439 g/mol. The van der Waals surface area contributed by atoms with E-state index in [0.717, 1.165) is 42.3 Å². The summed E-state index contributed by atoms with van der Waals surface area (Å²) in [6.45, 7) is 0. The maximum atomic E-state index is 12.7. The largest absolute Gasteiger partial charge is 0.493 e. The summed E-state index contributed by atoms with van der Waals surface area (Å²) in [7, 11) is 3.14. The summed E-state index contributed by atoms with van der Waals surface area (Å²) in [5, 5.41) is 8.56. The molecule has 1 aliphatic carbocycles. The number of hydrogen-bond donors (Lipinski definition) is 2. The zero-order valence-electron chi connectivity index (χ0n) is 17.7. The van der Waals surface area contributed by atoms with Crippen molar-refractivity contribution in [2.24, 2.45) is 0 Å². The van der Waals surface area contributed by atoms with Gasteiger partial charge < -0.3 is 20.1 Å². The molecule has 0 spiro atoms. The molecule has 0 saturated heterocycles. The molecule has 0 atom stereocenters. The smallest absolute Gasteiger partial charge is 0.251 e. The molecule has 1 amide bonds. The Labute approximate surface area is 186 Å². The van der Waals surface area contributed by atoms with E-state index in [9.17, 15) is 4.79 Å². The lowest BCUT2D eigenvalue weighted by Gasteiger charge is -2.30. The molecule has 1 heterocycles. The molecule has 1 saturated carbocycles. The van der Waals surface area contributed by atoms with Crippen molar-refractivity contribution in [1.82, 2.24) is 10.3 Å². The minimum atomic E-state index is -0.0885. The van der Waals surface area contributed by atoms with E-state index in [1.165, 1.54) is 0 Å². The minimum absolute atomic E-state index is 0.0885. The van der Waals surface area contributed by atoms with Gasteiger partial charge in [0.05, 0.1) is 19.7 Å². The van der Waals surface area contributed by atoms with Gasteiger partial charge in [0.2, 0.25) is 0 Å². The second kappa shape index (κ2) is 9.43. The molecule has 0 aliphatic heterocycles. The van der Waals surface area contributed by atoms with Crippen molar-refractivity contribution in [2.45, 2.75) is 37.8 Å². The maximum absolute atomic E-state index is 12.7. The summed E-state index contributed by atoms with van der Waals surface area (Å²) < 4.78 is 10.5. The maximum Gasteiger partial charge on any atom is 0.251 e. The highest BCUT2D eigenvalue weighted by Crippen LogP contribution is 2.29. The first kappa shape index (κ1) is 21.2. The summed E-state index contributed by atoms with van der Waals surface area (Å²) in [6, 6.07) is 13.5. The molecule has 162 valence electrons. The molecule has 3 aromatic rings. The lowest BCUT2D eigenvalue weighted by atomic mass is 9.90. The molecule has 4 rings (SSSR count). The van der Waals surface area contributed by atoms with Crippen molar-refractivity contribution in [3.05, 3.63) is 59.2 Å². The fourth-order valence-electron chi connectivity index (χ4n) is 4.10. The van der Waals surface area contributed by atoms with Crippen LogP contribution in [0.2, 0.25) is 5.02 Å². The van der Waals surface area contributed by atoms with Crippen LogP contribution in [0.25, 0.3) is 10.9 Å². The molecule has 6 nitrogen and oxygen atoms in total. The molecule has 0 bridgehead atoms. The summed E-state index contributed by atoms with van der Waals surface area (Å²) >= 11 is 6.09. The Kier molecular flexibility index (Phi) is 6.47. The highest BCUT2D eigenvalue weighted by atomic mass is 35.5. The van der Waals surface area contributed by atoms with Crippen LogP contribution in [0.3, 0.4) is 0 Å². The quantitative estimate of drug-likeness (QED) is 0.561. The van der Waals surface area contributed by atoms with Gasteiger partial charge in [-0.1, -0.05) is 11.6 Å². The number of methoxy groups -OCH3 is 2. The molecule has 7 heteroatoms. The number of hydrogen-bond acceptors (Lipinski definition) is 5. The Morgan fingerprint density at radius 1 is 0.968 bits per heavy atom. The number of aromatic nitrogens is 1. The van der Waals surface area contributed by atoms with Crippen LogP contribution in [-0.2, 0) is 0 Å². The SMILES string of the molecule is COc1ccc(C(=O)NC2CCC(Nc3ccnc4cc(Cl)ccc34)CC2)cc1OC. The van der Waals surface area contributed by atoms with Gasteiger partial charge in [0.1, 0.15) is 0 Å². The zero-order chi connectivity index (χ0) is 21.8. The van der Waals surface area contributed by atoms with Crippen molar-refractivity contribution >= 4 is 34.1 Å². The van der Waals surface area contributed by atoms with Crippen LogP contribution >= 0.6 is 11.6 Å². The normalized spacial score (nSPS) is 18.4. The lowest BCUT2D eigenvalue weighted by Crippen LogP contribution is -2.40. The van der Waals surface area contributed by atoms with E-state index in [1.807, 2.05) is 24.3 Å². The van der Waals surface area contributed by atoms with E-state index < -0.39 is 0 Å². The Hall–Kier alpha value is -2.99. The Morgan fingerprint density at radius 2 is 1.71 bits per heavy atom. The number of pyridine rings is 1.